The van der Waals surface area contributed by atoms with E-state index in [1.807, 2.05) is 18.2 Å². The number of carbonyl (C=O) groups excluding carboxylic acids is 1. The Balaban J connectivity index is 1.33. The molecule has 2 aliphatic rings. The lowest BCUT2D eigenvalue weighted by Crippen LogP contribution is -2.44. The van der Waals surface area contributed by atoms with Gasteiger partial charge in [-0.3, -0.25) is 9.79 Å². The van der Waals surface area contributed by atoms with Gasteiger partial charge in [-0.15, -0.1) is 0 Å². The summed E-state index contributed by atoms with van der Waals surface area (Å²) in [5.41, 5.74) is -0.410. The zero-order valence-electron chi connectivity index (χ0n) is 22.4. The van der Waals surface area contributed by atoms with Gasteiger partial charge >= 0.3 is 0 Å². The number of dihydropyridines is 1. The van der Waals surface area contributed by atoms with Crippen LogP contribution in [0.3, 0.4) is 0 Å². The molecule has 0 bridgehead atoms. The number of hydrogen-bond donors (Lipinski definition) is 1. The van der Waals surface area contributed by atoms with Gasteiger partial charge in [0.15, 0.2) is 11.4 Å². The first-order chi connectivity index (χ1) is 19.6. The van der Waals surface area contributed by atoms with Gasteiger partial charge in [0.25, 0.3) is 5.89 Å². The molecule has 0 aliphatic carbocycles. The van der Waals surface area contributed by atoms with Crippen molar-refractivity contribution in [3.05, 3.63) is 72.1 Å². The smallest absolute Gasteiger partial charge is 0.266 e. The van der Waals surface area contributed by atoms with E-state index in [-0.39, 0.29) is 23.1 Å². The zero-order chi connectivity index (χ0) is 29.1. The summed E-state index contributed by atoms with van der Waals surface area (Å²) in [5.74, 6) is -0.543. The van der Waals surface area contributed by atoms with Crippen LogP contribution in [0.2, 0.25) is 0 Å². The number of alkyl halides is 1. The number of primary sulfonamides is 1. The minimum absolute atomic E-state index is 0.0654. The largest absolute Gasteiger partial charge is 0.433 e. The van der Waals surface area contributed by atoms with Crippen LogP contribution in [0.15, 0.2) is 80.6 Å². The van der Waals surface area contributed by atoms with E-state index in [1.54, 1.807) is 25.5 Å². The second-order valence-corrected chi connectivity index (χ2v) is 11.5. The monoisotopic (exact) mass is 583 g/mol. The highest BCUT2D eigenvalue weighted by atomic mass is 32.2. The van der Waals surface area contributed by atoms with Gasteiger partial charge in [0.2, 0.25) is 15.8 Å². The van der Waals surface area contributed by atoms with E-state index in [0.29, 0.717) is 48.4 Å². The molecule has 1 aromatic heterocycles. The predicted molar refractivity (Wildman–Crippen MR) is 149 cm³/mol. The number of benzene rings is 2. The third-order valence-corrected chi connectivity index (χ3v) is 8.08. The summed E-state index contributed by atoms with van der Waals surface area (Å²) in [6, 6.07) is 14.8. The first-order valence-electron chi connectivity index (χ1n) is 13.0. The van der Waals surface area contributed by atoms with Gasteiger partial charge in [0, 0.05) is 56.1 Å². The highest BCUT2D eigenvalue weighted by molar-refractivity contribution is 7.89. The molecule has 0 amide bonds. The molecule has 1 saturated heterocycles. The van der Waals surface area contributed by atoms with Crippen LogP contribution in [0.25, 0.3) is 22.6 Å². The molecule has 12 heteroatoms. The number of oxazole rings is 1. The van der Waals surface area contributed by atoms with Crippen molar-refractivity contribution in [2.24, 2.45) is 10.1 Å². The predicted octanol–water partition coefficient (Wildman–Crippen LogP) is 3.77. The van der Waals surface area contributed by atoms with E-state index >= 15 is 4.39 Å². The van der Waals surface area contributed by atoms with Crippen LogP contribution in [0.5, 0.6) is 0 Å². The number of hydrogen-bond acceptors (Lipinski definition) is 9. The first-order valence-corrected chi connectivity index (χ1v) is 14.5. The minimum Gasteiger partial charge on any atom is -0.433 e. The molecule has 0 spiro atoms. The fraction of sp³-hybridized carbons (Fsp3) is 0.345. The SMILES string of the molecule is COC1(C2=CC(F)(COCC(=O)c3nc(-c4ccccc4)c(-c4ccc(S(N)(=O)=O)cc4)o3)CN=C2)CCOCC1. The van der Waals surface area contributed by atoms with Crippen molar-refractivity contribution in [3.8, 4) is 22.6 Å². The summed E-state index contributed by atoms with van der Waals surface area (Å²) in [6.45, 7) is -0.00742. The van der Waals surface area contributed by atoms with Crippen LogP contribution >= 0.6 is 0 Å². The Morgan fingerprint density at radius 3 is 2.44 bits per heavy atom. The Bertz CT molecular complexity index is 1560. The summed E-state index contributed by atoms with van der Waals surface area (Å²) in [4.78, 5) is 21.6. The van der Waals surface area contributed by atoms with Gasteiger partial charge in [0.05, 0.1) is 23.6 Å². The Hall–Kier alpha value is -3.55. The minimum atomic E-state index is -3.88. The maximum atomic E-state index is 15.8. The number of ether oxygens (including phenoxy) is 3. The number of aromatic nitrogens is 1. The number of nitrogens with zero attached hydrogens (tertiary/aromatic N) is 2. The Morgan fingerprint density at radius 1 is 1.07 bits per heavy atom. The van der Waals surface area contributed by atoms with Crippen LogP contribution < -0.4 is 5.14 Å². The number of halogens is 1. The van der Waals surface area contributed by atoms with Gasteiger partial charge in [-0.25, -0.2) is 22.9 Å². The maximum absolute atomic E-state index is 15.8. The van der Waals surface area contributed by atoms with Crippen LogP contribution in [-0.4, -0.2) is 76.8 Å². The quantitative estimate of drug-likeness (QED) is 0.355. The third kappa shape index (κ3) is 6.36. The van der Waals surface area contributed by atoms with Crippen molar-refractivity contribution in [3.63, 3.8) is 0 Å². The highest BCUT2D eigenvalue weighted by Gasteiger charge is 2.40. The second kappa shape index (κ2) is 11.7. The highest BCUT2D eigenvalue weighted by Crippen LogP contribution is 2.36. The standard InChI is InChI=1S/C29H30FN3O7S/c1-37-29(11-13-38-14-12-29)22-15-28(30,18-32-16-22)19-39-17-24(34)27-33-25(20-5-3-2-4-6-20)26(40-27)21-7-9-23(10-8-21)41(31,35)36/h2-10,15-16H,11-14,17-19H2,1H3,(H2,31,35,36). The molecule has 1 atom stereocenters. The van der Waals surface area contributed by atoms with E-state index < -0.39 is 40.3 Å². The van der Waals surface area contributed by atoms with Crippen LogP contribution in [0.1, 0.15) is 23.5 Å². The first kappa shape index (κ1) is 29.0. The lowest BCUT2D eigenvalue weighted by Gasteiger charge is -2.39. The molecular formula is C29H30FN3O7S. The van der Waals surface area contributed by atoms with Crippen LogP contribution in [-0.2, 0) is 24.2 Å². The van der Waals surface area contributed by atoms with Gasteiger partial charge < -0.3 is 18.6 Å². The summed E-state index contributed by atoms with van der Waals surface area (Å²) < 4.78 is 61.7. The van der Waals surface area contributed by atoms with Gasteiger partial charge in [-0.05, 0) is 30.3 Å². The lowest BCUT2D eigenvalue weighted by molar-refractivity contribution is -0.0635. The fourth-order valence-corrected chi connectivity index (χ4v) is 5.42. The molecule has 0 saturated carbocycles. The zero-order valence-corrected chi connectivity index (χ0v) is 23.2. The summed E-state index contributed by atoms with van der Waals surface area (Å²) in [6.07, 6.45) is 4.27. The number of Topliss-reactive ketones (excluding diaryl/α,β-unsaturated/α-hetero) is 1. The van der Waals surface area contributed by atoms with Crippen molar-refractivity contribution < 1.29 is 36.2 Å². The molecule has 1 fully saturated rings. The Morgan fingerprint density at radius 2 is 1.78 bits per heavy atom. The van der Waals surface area contributed by atoms with Gasteiger partial charge in [-0.1, -0.05) is 30.3 Å². The molecule has 2 aliphatic heterocycles. The molecule has 5 rings (SSSR count). The van der Waals surface area contributed by atoms with Crippen molar-refractivity contribution in [1.82, 2.24) is 4.98 Å². The van der Waals surface area contributed by atoms with E-state index in [4.69, 9.17) is 23.8 Å². The molecule has 3 aromatic rings. The number of methoxy groups -OCH3 is 1. The number of sulfonamides is 1. The summed E-state index contributed by atoms with van der Waals surface area (Å²) in [5, 5.41) is 5.21. The fourth-order valence-electron chi connectivity index (χ4n) is 4.90. The molecule has 2 N–H and O–H groups in total. The van der Waals surface area contributed by atoms with Crippen molar-refractivity contribution in [1.29, 1.82) is 0 Å². The molecule has 2 aromatic carbocycles. The molecular weight excluding hydrogens is 553 g/mol. The average molecular weight is 584 g/mol. The van der Waals surface area contributed by atoms with E-state index in [1.165, 1.54) is 30.3 Å². The van der Waals surface area contributed by atoms with Crippen molar-refractivity contribution in [2.75, 3.05) is 40.1 Å². The summed E-state index contributed by atoms with van der Waals surface area (Å²) >= 11 is 0. The van der Waals surface area contributed by atoms with Crippen molar-refractivity contribution in [2.45, 2.75) is 29.0 Å². The van der Waals surface area contributed by atoms with E-state index in [0.717, 1.165) is 0 Å². The number of aliphatic imine (C=N–C) groups is 1. The van der Waals surface area contributed by atoms with Gasteiger partial charge in [-0.2, -0.15) is 0 Å². The third-order valence-electron chi connectivity index (χ3n) is 7.15. The molecule has 216 valence electrons. The number of nitrogens with two attached hydrogens (primary N) is 1. The Kier molecular flexibility index (Phi) is 8.30. The van der Waals surface area contributed by atoms with E-state index in [2.05, 4.69) is 9.98 Å². The molecule has 3 heterocycles. The number of carbonyl (C=O) groups is 1. The average Bonchev–Trinajstić information content (AvgIpc) is 3.43. The molecule has 0 radical (unpaired) electrons. The summed E-state index contributed by atoms with van der Waals surface area (Å²) in [7, 11) is -2.30. The van der Waals surface area contributed by atoms with Crippen LogP contribution in [0, 0.1) is 0 Å². The second-order valence-electron chi connectivity index (χ2n) is 9.96. The lowest BCUT2D eigenvalue weighted by atomic mass is 9.83. The molecule has 41 heavy (non-hydrogen) atoms. The van der Waals surface area contributed by atoms with E-state index in [9.17, 15) is 13.2 Å². The van der Waals surface area contributed by atoms with Gasteiger partial charge in [0.1, 0.15) is 12.3 Å². The molecule has 1 unspecified atom stereocenters. The maximum Gasteiger partial charge on any atom is 0.266 e. The van der Waals surface area contributed by atoms with Crippen LogP contribution in [0.4, 0.5) is 4.39 Å². The van der Waals surface area contributed by atoms with Crippen molar-refractivity contribution >= 4 is 22.0 Å². The topological polar surface area (TPSA) is 143 Å². The number of ketones is 1. The Labute approximate surface area is 237 Å². The normalized spacial score (nSPS) is 20.5. The molecule has 10 nitrogen and oxygen atoms in total. The number of rotatable bonds is 10.